The summed E-state index contributed by atoms with van der Waals surface area (Å²) in [5, 5.41) is 4.03. The Bertz CT molecular complexity index is 1150. The highest BCUT2D eigenvalue weighted by Crippen LogP contribution is 2.21. The first-order chi connectivity index (χ1) is 15.8. The largest absolute Gasteiger partial charge is 0.460 e. The molecule has 3 heteroatoms. The van der Waals surface area contributed by atoms with Crippen LogP contribution in [-0.2, 0) is 4.74 Å². The number of allylic oxidation sites excluding steroid dienone is 1. The molecule has 0 amide bonds. The predicted molar refractivity (Wildman–Crippen MR) is 135 cm³/mol. The molecule has 0 atom stereocenters. The summed E-state index contributed by atoms with van der Waals surface area (Å²) in [7, 11) is -2.59. The highest BCUT2D eigenvalue weighted by atomic mass is 28.3. The van der Waals surface area contributed by atoms with Crippen LogP contribution >= 0.6 is 0 Å². The maximum Gasteiger partial charge on any atom is 0.460 e. The van der Waals surface area contributed by atoms with Gasteiger partial charge in [-0.3, -0.25) is 4.24 Å². The standard InChI is InChI=1S/C29H26NOSi/c1-24-22-29(25-14-6-2-7-15-25)31-23-30(24)32(26-16-8-3-9-17-26,27-18-10-4-11-19-27)28-20-12-5-13-21-28/h2-22H,23H2,1H3/q+1. The zero-order chi connectivity index (χ0) is 21.8. The highest BCUT2D eigenvalue weighted by molar-refractivity contribution is 7.06. The summed E-state index contributed by atoms with van der Waals surface area (Å²) in [5.41, 5.74) is 2.33. The molecule has 1 heterocycles. The van der Waals surface area contributed by atoms with E-state index in [4.69, 9.17) is 4.74 Å². The number of ether oxygens (including phenoxy) is 1. The van der Waals surface area contributed by atoms with Crippen molar-refractivity contribution in [2.45, 2.75) is 6.92 Å². The molecule has 0 radical (unpaired) electrons. The van der Waals surface area contributed by atoms with Crippen LogP contribution in [0.15, 0.2) is 127 Å². The maximum absolute atomic E-state index is 6.42. The Morgan fingerprint density at radius 1 is 0.594 bits per heavy atom. The van der Waals surface area contributed by atoms with Crippen molar-refractivity contribution < 1.29 is 8.98 Å². The molecule has 1 aliphatic heterocycles. The molecular weight excluding hydrogens is 406 g/mol. The average molecular weight is 433 g/mol. The second-order valence-corrected chi connectivity index (χ2v) is 11.7. The van der Waals surface area contributed by atoms with Crippen molar-refractivity contribution in [3.63, 3.8) is 0 Å². The van der Waals surface area contributed by atoms with Gasteiger partial charge < -0.3 is 4.74 Å². The van der Waals surface area contributed by atoms with Gasteiger partial charge in [-0.1, -0.05) is 121 Å². The molecule has 0 aromatic heterocycles. The fourth-order valence-electron chi connectivity index (χ4n) is 4.68. The van der Waals surface area contributed by atoms with E-state index < -0.39 is 8.24 Å². The van der Waals surface area contributed by atoms with E-state index >= 15 is 0 Å². The Hall–Kier alpha value is -3.69. The molecule has 0 unspecified atom stereocenters. The number of benzene rings is 4. The van der Waals surface area contributed by atoms with Gasteiger partial charge >= 0.3 is 8.24 Å². The van der Waals surface area contributed by atoms with Crippen molar-refractivity contribution in [1.82, 2.24) is 0 Å². The van der Waals surface area contributed by atoms with Crippen molar-refractivity contribution in [3.05, 3.63) is 133 Å². The minimum Gasteiger partial charge on any atom is -0.437 e. The van der Waals surface area contributed by atoms with Crippen molar-refractivity contribution in [3.8, 4) is 0 Å². The predicted octanol–water partition coefficient (Wildman–Crippen LogP) is 4.16. The first kappa shape index (κ1) is 20.2. The van der Waals surface area contributed by atoms with Crippen LogP contribution in [0.2, 0.25) is 0 Å². The van der Waals surface area contributed by atoms with Crippen molar-refractivity contribution in [1.29, 1.82) is 0 Å². The summed E-state index contributed by atoms with van der Waals surface area (Å²) in [5.74, 6) is 0.927. The zero-order valence-corrected chi connectivity index (χ0v) is 19.2. The van der Waals surface area contributed by atoms with E-state index in [0.717, 1.165) is 11.3 Å². The molecule has 0 aliphatic carbocycles. The molecule has 4 aromatic rings. The summed E-state index contributed by atoms with van der Waals surface area (Å²) >= 11 is 0. The molecule has 0 N–H and O–H groups in total. The Morgan fingerprint density at radius 2 is 1.00 bits per heavy atom. The molecule has 0 fully saturated rings. The summed E-state index contributed by atoms with van der Waals surface area (Å²) in [6.07, 6.45) is 2.19. The van der Waals surface area contributed by atoms with Gasteiger partial charge in [0.1, 0.15) is 5.76 Å². The molecule has 1 aliphatic rings. The molecule has 5 rings (SSSR count). The van der Waals surface area contributed by atoms with Gasteiger partial charge in [0.2, 0.25) is 0 Å². The molecule has 0 saturated heterocycles. The minimum absolute atomic E-state index is 0.511. The van der Waals surface area contributed by atoms with Gasteiger partial charge in [-0.15, -0.1) is 0 Å². The lowest BCUT2D eigenvalue weighted by atomic mass is 10.1. The molecule has 32 heavy (non-hydrogen) atoms. The zero-order valence-electron chi connectivity index (χ0n) is 18.2. The molecule has 4 aromatic carbocycles. The van der Waals surface area contributed by atoms with Gasteiger partial charge in [-0.2, -0.15) is 0 Å². The van der Waals surface area contributed by atoms with Gasteiger partial charge in [0.25, 0.3) is 6.73 Å². The third kappa shape index (κ3) is 3.51. The van der Waals surface area contributed by atoms with E-state index in [-0.39, 0.29) is 0 Å². The fourth-order valence-corrected chi connectivity index (χ4v) is 9.49. The summed E-state index contributed by atoms with van der Waals surface area (Å²) < 4.78 is 8.93. The summed E-state index contributed by atoms with van der Waals surface area (Å²) in [4.78, 5) is 0. The quantitative estimate of drug-likeness (QED) is 0.341. The molecule has 156 valence electrons. The van der Waals surface area contributed by atoms with Gasteiger partial charge in [-0.05, 0) is 0 Å². The molecular formula is C29H26NOSi+. The van der Waals surface area contributed by atoms with Crippen molar-refractivity contribution in [2.24, 2.45) is 0 Å². The summed E-state index contributed by atoms with van der Waals surface area (Å²) in [6.45, 7) is 2.72. The van der Waals surface area contributed by atoms with E-state index in [2.05, 4.69) is 133 Å². The van der Waals surface area contributed by atoms with Crippen LogP contribution in [0, 0.1) is 0 Å². The van der Waals surface area contributed by atoms with Crippen LogP contribution in [0.4, 0.5) is 0 Å². The van der Waals surface area contributed by atoms with Crippen LogP contribution in [0.5, 0.6) is 0 Å². The summed E-state index contributed by atoms with van der Waals surface area (Å²) in [6, 6.07) is 43.2. The third-order valence-corrected chi connectivity index (χ3v) is 11.0. The van der Waals surface area contributed by atoms with Crippen LogP contribution in [0.1, 0.15) is 12.5 Å². The van der Waals surface area contributed by atoms with Gasteiger partial charge in [0, 0.05) is 34.1 Å². The lowest BCUT2D eigenvalue weighted by molar-refractivity contribution is -0.441. The minimum atomic E-state index is -2.59. The molecule has 0 spiro atoms. The maximum atomic E-state index is 6.42. The Kier molecular flexibility index (Phi) is 5.57. The second kappa shape index (κ2) is 8.81. The Labute approximate surface area is 190 Å². The van der Waals surface area contributed by atoms with Gasteiger partial charge in [-0.25, -0.2) is 0 Å². The second-order valence-electron chi connectivity index (χ2n) is 8.03. The number of hydrogen-bond acceptors (Lipinski definition) is 1. The smallest absolute Gasteiger partial charge is 0.437 e. The van der Waals surface area contributed by atoms with Crippen LogP contribution in [0.3, 0.4) is 0 Å². The Balaban J connectivity index is 1.80. The number of nitrogens with zero attached hydrogens (tertiary/aromatic N) is 1. The topological polar surface area (TPSA) is 12.2 Å². The third-order valence-electron chi connectivity index (χ3n) is 6.15. The normalized spacial score (nSPS) is 14.0. The van der Waals surface area contributed by atoms with E-state index in [1.54, 1.807) is 0 Å². The van der Waals surface area contributed by atoms with Gasteiger partial charge in [0.15, 0.2) is 5.71 Å². The van der Waals surface area contributed by atoms with E-state index in [1.807, 2.05) is 6.07 Å². The van der Waals surface area contributed by atoms with Crippen LogP contribution in [-0.4, -0.2) is 24.9 Å². The lowest BCUT2D eigenvalue weighted by Crippen LogP contribution is -2.75. The van der Waals surface area contributed by atoms with Crippen LogP contribution in [0.25, 0.3) is 5.76 Å². The molecule has 2 nitrogen and oxygen atoms in total. The average Bonchev–Trinajstić information content (AvgIpc) is 2.88. The highest BCUT2D eigenvalue weighted by Gasteiger charge is 2.55. The van der Waals surface area contributed by atoms with E-state index in [1.165, 1.54) is 21.3 Å². The van der Waals surface area contributed by atoms with Gasteiger partial charge in [0.05, 0.1) is 0 Å². The fraction of sp³-hybridized carbons (Fsp3) is 0.0690. The van der Waals surface area contributed by atoms with E-state index in [0.29, 0.717) is 6.73 Å². The first-order valence-electron chi connectivity index (χ1n) is 11.0. The number of hydrogen-bond donors (Lipinski definition) is 0. The molecule has 0 bridgehead atoms. The van der Waals surface area contributed by atoms with Crippen LogP contribution < -0.4 is 15.6 Å². The van der Waals surface area contributed by atoms with Crippen molar-refractivity contribution in [2.75, 3.05) is 6.73 Å². The SMILES string of the molecule is CC1=[N+]([Si](c2ccccc2)(c2ccccc2)c2ccccc2)COC(c2ccccc2)=C1. The monoisotopic (exact) mass is 432 g/mol. The number of rotatable bonds is 5. The van der Waals surface area contributed by atoms with E-state index in [9.17, 15) is 0 Å². The van der Waals surface area contributed by atoms with Crippen molar-refractivity contribution >= 4 is 35.3 Å². The first-order valence-corrected chi connectivity index (χ1v) is 12.9. The lowest BCUT2D eigenvalue weighted by Gasteiger charge is -2.31. The Morgan fingerprint density at radius 3 is 1.41 bits per heavy atom. The molecule has 0 saturated carbocycles.